The first-order valence-corrected chi connectivity index (χ1v) is 7.74. The number of aliphatic carboxylic acids is 4. The summed E-state index contributed by atoms with van der Waals surface area (Å²) in [6.45, 7) is 3.05. The van der Waals surface area contributed by atoms with E-state index in [9.17, 15) is 29.9 Å². The van der Waals surface area contributed by atoms with E-state index in [1.54, 1.807) is 0 Å². The van der Waals surface area contributed by atoms with E-state index in [-0.39, 0.29) is 22.4 Å². The smallest absolute Gasteiger partial charge is 0.414 e. The van der Waals surface area contributed by atoms with E-state index in [1.807, 2.05) is 0 Å². The number of rotatable bonds is 4. The van der Waals surface area contributed by atoms with Gasteiger partial charge in [0.1, 0.15) is 0 Å². The second-order valence-corrected chi connectivity index (χ2v) is 5.71. The number of allylic oxidation sites excluding steroid dienone is 2. The second-order valence-electron chi connectivity index (χ2n) is 5.71. The molecule has 29 heavy (non-hydrogen) atoms. The lowest BCUT2D eigenvalue weighted by molar-refractivity contribution is -0.384. The van der Waals surface area contributed by atoms with Gasteiger partial charge in [0, 0.05) is 23.5 Å². The zero-order valence-electron chi connectivity index (χ0n) is 15.1. The van der Waals surface area contributed by atoms with Crippen LogP contribution < -0.4 is 5.32 Å². The van der Waals surface area contributed by atoms with Crippen molar-refractivity contribution in [2.45, 2.75) is 19.8 Å². The number of carbonyl (C=O) groups is 4. The Morgan fingerprint density at radius 3 is 1.72 bits per heavy atom. The number of hydrogen-bond donors (Lipinski definition) is 5. The van der Waals surface area contributed by atoms with Crippen molar-refractivity contribution >= 4 is 29.6 Å². The Kier molecular flexibility index (Phi) is 7.18. The monoisotopic (exact) mass is 408 g/mol. The maximum Gasteiger partial charge on any atom is 0.414 e. The zero-order valence-corrected chi connectivity index (χ0v) is 15.1. The maximum absolute atomic E-state index is 11.6. The number of non-ortho nitro benzene ring substituents is 1. The molecule has 0 aliphatic carbocycles. The van der Waals surface area contributed by atoms with Crippen LogP contribution in [0.4, 0.5) is 5.69 Å². The second kappa shape index (κ2) is 9.12. The van der Waals surface area contributed by atoms with Crippen molar-refractivity contribution in [1.82, 2.24) is 5.32 Å². The third-order valence-electron chi connectivity index (χ3n) is 3.82. The van der Waals surface area contributed by atoms with Crippen molar-refractivity contribution in [3.05, 3.63) is 62.5 Å². The number of carboxylic acids is 4. The van der Waals surface area contributed by atoms with Crippen LogP contribution in [0.3, 0.4) is 0 Å². The van der Waals surface area contributed by atoms with Crippen LogP contribution in [0.15, 0.2) is 46.8 Å². The number of nitro groups is 1. The lowest BCUT2D eigenvalue weighted by atomic mass is 9.80. The number of dihydropyridines is 1. The molecule has 0 saturated heterocycles. The van der Waals surface area contributed by atoms with Crippen LogP contribution in [-0.2, 0) is 19.2 Å². The lowest BCUT2D eigenvalue weighted by Gasteiger charge is -2.28. The van der Waals surface area contributed by atoms with E-state index in [2.05, 4.69) is 5.32 Å². The van der Waals surface area contributed by atoms with Crippen LogP contribution in [-0.4, -0.2) is 49.2 Å². The molecule has 154 valence electrons. The van der Waals surface area contributed by atoms with Gasteiger partial charge in [-0.1, -0.05) is 12.1 Å². The number of hydrogen-bond acceptors (Lipinski definition) is 7. The average molecular weight is 408 g/mol. The molecule has 0 fully saturated rings. The van der Waals surface area contributed by atoms with Crippen molar-refractivity contribution in [3.8, 4) is 0 Å². The Hall–Kier alpha value is -4.22. The molecule has 5 N–H and O–H groups in total. The topological polar surface area (TPSA) is 204 Å². The summed E-state index contributed by atoms with van der Waals surface area (Å²) >= 11 is 0. The van der Waals surface area contributed by atoms with Gasteiger partial charge in [0.2, 0.25) is 0 Å². The van der Waals surface area contributed by atoms with E-state index in [1.165, 1.54) is 38.1 Å². The minimum atomic E-state index is -1.82. The summed E-state index contributed by atoms with van der Waals surface area (Å²) in [6.07, 6.45) is 0. The molecule has 2 rings (SSSR count). The van der Waals surface area contributed by atoms with Crippen LogP contribution in [0, 0.1) is 10.1 Å². The van der Waals surface area contributed by atoms with E-state index in [0.717, 1.165) is 0 Å². The fourth-order valence-electron chi connectivity index (χ4n) is 2.71. The van der Waals surface area contributed by atoms with Gasteiger partial charge in [-0.25, -0.2) is 19.2 Å². The Labute approximate surface area is 162 Å². The molecule has 0 radical (unpaired) electrons. The van der Waals surface area contributed by atoms with Crippen molar-refractivity contribution in [2.75, 3.05) is 0 Å². The lowest BCUT2D eigenvalue weighted by Crippen LogP contribution is -2.31. The third-order valence-corrected chi connectivity index (χ3v) is 3.82. The fourth-order valence-corrected chi connectivity index (χ4v) is 2.71. The van der Waals surface area contributed by atoms with Gasteiger partial charge in [-0.05, 0) is 19.4 Å². The zero-order chi connectivity index (χ0) is 22.5. The first-order valence-electron chi connectivity index (χ1n) is 7.74. The molecule has 12 nitrogen and oxygen atoms in total. The number of nitrogens with zero attached hydrogens (tertiary/aromatic N) is 1. The van der Waals surface area contributed by atoms with E-state index in [4.69, 9.17) is 19.8 Å². The normalized spacial score (nSPS) is 13.7. The minimum Gasteiger partial charge on any atom is -0.478 e. The van der Waals surface area contributed by atoms with E-state index >= 15 is 0 Å². The molecular weight excluding hydrogens is 392 g/mol. The van der Waals surface area contributed by atoms with Gasteiger partial charge in [0.15, 0.2) is 0 Å². The summed E-state index contributed by atoms with van der Waals surface area (Å²) in [5, 5.41) is 47.4. The molecule has 0 atom stereocenters. The Bertz CT molecular complexity index is 913. The summed E-state index contributed by atoms with van der Waals surface area (Å²) in [6, 6.07) is 5.34. The van der Waals surface area contributed by atoms with Crippen molar-refractivity contribution in [1.29, 1.82) is 0 Å². The average Bonchev–Trinajstić information content (AvgIpc) is 2.60. The first-order chi connectivity index (χ1) is 13.4. The van der Waals surface area contributed by atoms with Crippen LogP contribution in [0.1, 0.15) is 25.3 Å². The van der Waals surface area contributed by atoms with Gasteiger partial charge >= 0.3 is 23.9 Å². The number of nitro benzene ring substituents is 1. The Morgan fingerprint density at radius 1 is 0.931 bits per heavy atom. The summed E-state index contributed by atoms with van der Waals surface area (Å²) in [5.74, 6) is -7.30. The highest BCUT2D eigenvalue weighted by Gasteiger charge is 2.36. The molecule has 0 amide bonds. The van der Waals surface area contributed by atoms with Gasteiger partial charge in [-0.3, -0.25) is 10.1 Å². The van der Waals surface area contributed by atoms with Crippen LogP contribution in [0.2, 0.25) is 0 Å². The summed E-state index contributed by atoms with van der Waals surface area (Å²) in [7, 11) is 0. The molecule has 1 aromatic carbocycles. The van der Waals surface area contributed by atoms with Crippen molar-refractivity contribution < 1.29 is 44.5 Å². The number of benzene rings is 1. The Balaban J connectivity index is 0.000000612. The first kappa shape index (κ1) is 22.8. The third kappa shape index (κ3) is 5.38. The molecule has 0 spiro atoms. The summed E-state index contributed by atoms with van der Waals surface area (Å²) in [4.78, 5) is 51.7. The van der Waals surface area contributed by atoms with Gasteiger partial charge in [-0.15, -0.1) is 0 Å². The van der Waals surface area contributed by atoms with E-state index in [0.29, 0.717) is 11.4 Å². The number of nitrogens with one attached hydrogen (secondary N) is 1. The molecule has 1 aromatic rings. The Morgan fingerprint density at radius 2 is 1.38 bits per heavy atom. The quantitative estimate of drug-likeness (QED) is 0.271. The number of carboxylic acid groups (broad SMARTS) is 4. The van der Waals surface area contributed by atoms with Gasteiger partial charge in [0.25, 0.3) is 5.69 Å². The minimum absolute atomic E-state index is 0.145. The van der Waals surface area contributed by atoms with E-state index < -0.39 is 34.7 Å². The highest BCUT2D eigenvalue weighted by Crippen LogP contribution is 2.39. The standard InChI is InChI=1S/C15H14N2O6.C2H2O4/c1-7-11(14(18)19)13(12(15(20)21)8(2)16-7)9-4-3-5-10(6-9)17(22)23;3-1(4)2(5)6/h3-6,13,16H,1-2H3,(H,18,19)(H,20,21);(H,3,4)(H,5,6). The molecule has 0 saturated carbocycles. The molecule has 12 heteroatoms. The molecule has 0 aromatic heterocycles. The predicted octanol–water partition coefficient (Wildman–Crippen LogP) is 1.15. The highest BCUT2D eigenvalue weighted by atomic mass is 16.6. The molecule has 1 heterocycles. The van der Waals surface area contributed by atoms with Gasteiger partial charge in [0.05, 0.1) is 22.0 Å². The van der Waals surface area contributed by atoms with Gasteiger partial charge < -0.3 is 25.7 Å². The van der Waals surface area contributed by atoms with Crippen LogP contribution in [0.25, 0.3) is 0 Å². The largest absolute Gasteiger partial charge is 0.478 e. The molecular formula is C17H16N2O10. The summed E-state index contributed by atoms with van der Waals surface area (Å²) in [5.41, 5.74) is 0.329. The maximum atomic E-state index is 11.6. The summed E-state index contributed by atoms with van der Waals surface area (Å²) < 4.78 is 0. The molecule has 0 unspecified atom stereocenters. The van der Waals surface area contributed by atoms with Gasteiger partial charge in [-0.2, -0.15) is 0 Å². The fraction of sp³-hybridized carbons (Fsp3) is 0.176. The van der Waals surface area contributed by atoms with Crippen LogP contribution in [0.5, 0.6) is 0 Å². The van der Waals surface area contributed by atoms with Crippen molar-refractivity contribution in [3.63, 3.8) is 0 Å². The molecule has 1 aliphatic heterocycles. The molecule has 0 bridgehead atoms. The van der Waals surface area contributed by atoms with Crippen molar-refractivity contribution in [2.24, 2.45) is 0 Å². The SMILES string of the molecule is CC1=C(C(=O)O)C(c2cccc([N+](=O)[O-])c2)C(C(=O)O)=C(C)N1.O=C(O)C(=O)O. The predicted molar refractivity (Wildman–Crippen MR) is 94.9 cm³/mol. The van der Waals surface area contributed by atoms with Crippen LogP contribution >= 0.6 is 0 Å². The molecule has 1 aliphatic rings. The highest BCUT2D eigenvalue weighted by molar-refractivity contribution is 6.27.